The highest BCUT2D eigenvalue weighted by molar-refractivity contribution is 4.81. The Morgan fingerprint density at radius 3 is 2.73 bits per heavy atom. The SMILES string of the molecule is OCC(F)(F)C1CCCNC1. The van der Waals surface area contributed by atoms with Gasteiger partial charge < -0.3 is 10.4 Å². The molecule has 1 rings (SSSR count). The first-order chi connectivity index (χ1) is 5.17. The summed E-state index contributed by atoms with van der Waals surface area (Å²) in [6, 6.07) is 0. The molecule has 0 bridgehead atoms. The van der Waals surface area contributed by atoms with E-state index in [2.05, 4.69) is 5.32 Å². The van der Waals surface area contributed by atoms with E-state index in [1.807, 2.05) is 0 Å². The summed E-state index contributed by atoms with van der Waals surface area (Å²) in [4.78, 5) is 0. The maximum absolute atomic E-state index is 12.7. The summed E-state index contributed by atoms with van der Waals surface area (Å²) in [6.07, 6.45) is 1.29. The lowest BCUT2D eigenvalue weighted by atomic mass is 9.93. The molecule has 1 saturated heterocycles. The van der Waals surface area contributed by atoms with Crippen LogP contribution in [0.1, 0.15) is 12.8 Å². The van der Waals surface area contributed by atoms with E-state index in [4.69, 9.17) is 5.11 Å². The van der Waals surface area contributed by atoms with Crippen molar-refractivity contribution in [2.24, 2.45) is 5.92 Å². The molecule has 1 fully saturated rings. The lowest BCUT2D eigenvalue weighted by molar-refractivity contribution is -0.103. The van der Waals surface area contributed by atoms with Crippen molar-refractivity contribution in [3.05, 3.63) is 0 Å². The minimum atomic E-state index is -2.90. The molecule has 0 aliphatic carbocycles. The molecule has 1 atom stereocenters. The first-order valence-electron chi connectivity index (χ1n) is 3.86. The molecular formula is C7H13F2NO. The molecule has 1 heterocycles. The molecule has 0 amide bonds. The van der Waals surface area contributed by atoms with E-state index in [9.17, 15) is 8.78 Å². The average molecular weight is 165 g/mol. The van der Waals surface area contributed by atoms with E-state index in [1.54, 1.807) is 0 Å². The topological polar surface area (TPSA) is 32.3 Å². The number of hydrogen-bond donors (Lipinski definition) is 2. The van der Waals surface area contributed by atoms with Crippen LogP contribution < -0.4 is 5.32 Å². The monoisotopic (exact) mass is 165 g/mol. The number of halogens is 2. The fourth-order valence-corrected chi connectivity index (χ4v) is 1.34. The number of rotatable bonds is 2. The average Bonchev–Trinajstić information content (AvgIpc) is 2.06. The van der Waals surface area contributed by atoms with Gasteiger partial charge in [0.05, 0.1) is 0 Å². The Morgan fingerprint density at radius 1 is 1.55 bits per heavy atom. The maximum atomic E-state index is 12.7. The van der Waals surface area contributed by atoms with Crippen LogP contribution in [-0.2, 0) is 0 Å². The zero-order valence-corrected chi connectivity index (χ0v) is 6.32. The van der Waals surface area contributed by atoms with Crippen LogP contribution in [0.4, 0.5) is 8.78 Å². The van der Waals surface area contributed by atoms with Crippen molar-refractivity contribution < 1.29 is 13.9 Å². The molecule has 0 radical (unpaired) electrons. The highest BCUT2D eigenvalue weighted by Crippen LogP contribution is 2.28. The summed E-state index contributed by atoms with van der Waals surface area (Å²) < 4.78 is 25.5. The Balaban J connectivity index is 2.43. The van der Waals surface area contributed by atoms with Gasteiger partial charge in [-0.15, -0.1) is 0 Å². The largest absolute Gasteiger partial charge is 0.390 e. The molecule has 0 aromatic heterocycles. The number of hydrogen-bond acceptors (Lipinski definition) is 2. The molecule has 0 spiro atoms. The second kappa shape index (κ2) is 3.45. The minimum absolute atomic E-state index is 0.327. The van der Waals surface area contributed by atoms with Crippen molar-refractivity contribution in [2.75, 3.05) is 19.7 Å². The van der Waals surface area contributed by atoms with Crippen LogP contribution >= 0.6 is 0 Å². The van der Waals surface area contributed by atoms with Crippen molar-refractivity contribution in [1.82, 2.24) is 5.32 Å². The normalized spacial score (nSPS) is 27.0. The summed E-state index contributed by atoms with van der Waals surface area (Å²) in [5.74, 6) is -3.57. The first-order valence-corrected chi connectivity index (χ1v) is 3.86. The smallest absolute Gasteiger partial charge is 0.274 e. The van der Waals surface area contributed by atoms with Crippen LogP contribution in [0, 0.1) is 5.92 Å². The number of nitrogens with one attached hydrogen (secondary N) is 1. The summed E-state index contributed by atoms with van der Waals surface area (Å²) >= 11 is 0. The molecular weight excluding hydrogens is 152 g/mol. The van der Waals surface area contributed by atoms with Gasteiger partial charge in [-0.1, -0.05) is 0 Å². The molecule has 66 valence electrons. The molecule has 11 heavy (non-hydrogen) atoms. The Labute approximate surface area is 64.6 Å². The van der Waals surface area contributed by atoms with Gasteiger partial charge in [0.1, 0.15) is 6.61 Å². The van der Waals surface area contributed by atoms with Gasteiger partial charge in [-0.2, -0.15) is 0 Å². The molecule has 1 unspecified atom stereocenters. The van der Waals surface area contributed by atoms with Crippen LogP contribution in [-0.4, -0.2) is 30.7 Å². The predicted octanol–water partition coefficient (Wildman–Crippen LogP) is 0.614. The third kappa shape index (κ3) is 2.10. The van der Waals surface area contributed by atoms with Crippen molar-refractivity contribution in [3.63, 3.8) is 0 Å². The Morgan fingerprint density at radius 2 is 2.27 bits per heavy atom. The van der Waals surface area contributed by atoms with Gasteiger partial charge in [0.15, 0.2) is 0 Å². The van der Waals surface area contributed by atoms with Crippen molar-refractivity contribution in [1.29, 1.82) is 0 Å². The highest BCUT2D eigenvalue weighted by Gasteiger charge is 2.38. The number of aliphatic hydroxyl groups is 1. The summed E-state index contributed by atoms with van der Waals surface area (Å²) in [7, 11) is 0. The highest BCUT2D eigenvalue weighted by atomic mass is 19.3. The number of aliphatic hydroxyl groups excluding tert-OH is 1. The molecule has 1 aliphatic heterocycles. The summed E-state index contributed by atoms with van der Waals surface area (Å²) in [5, 5.41) is 11.3. The molecule has 2 N–H and O–H groups in total. The first kappa shape index (κ1) is 8.87. The van der Waals surface area contributed by atoms with Crippen LogP contribution in [0.15, 0.2) is 0 Å². The lowest BCUT2D eigenvalue weighted by Gasteiger charge is -2.28. The lowest BCUT2D eigenvalue weighted by Crippen LogP contribution is -2.42. The Kier molecular flexibility index (Phi) is 2.78. The second-order valence-electron chi connectivity index (χ2n) is 2.96. The number of alkyl halides is 2. The molecule has 2 nitrogen and oxygen atoms in total. The Hall–Kier alpha value is -0.220. The fraction of sp³-hybridized carbons (Fsp3) is 1.00. The predicted molar refractivity (Wildman–Crippen MR) is 37.6 cm³/mol. The van der Waals surface area contributed by atoms with E-state index in [1.165, 1.54) is 0 Å². The molecule has 4 heteroatoms. The van der Waals surface area contributed by atoms with E-state index >= 15 is 0 Å². The van der Waals surface area contributed by atoms with Gasteiger partial charge in [0.25, 0.3) is 5.92 Å². The molecule has 0 aromatic carbocycles. The molecule has 0 saturated carbocycles. The second-order valence-corrected chi connectivity index (χ2v) is 2.96. The van der Waals surface area contributed by atoms with E-state index in [0.29, 0.717) is 13.0 Å². The van der Waals surface area contributed by atoms with Crippen LogP contribution in [0.2, 0.25) is 0 Å². The van der Waals surface area contributed by atoms with Crippen LogP contribution in [0.3, 0.4) is 0 Å². The zero-order valence-electron chi connectivity index (χ0n) is 6.32. The molecule has 1 aliphatic rings. The van der Waals surface area contributed by atoms with Gasteiger partial charge in [-0.3, -0.25) is 0 Å². The summed E-state index contributed by atoms with van der Waals surface area (Å²) in [6.45, 7) is 0.116. The van der Waals surface area contributed by atoms with Gasteiger partial charge in [0.2, 0.25) is 0 Å². The van der Waals surface area contributed by atoms with E-state index in [-0.39, 0.29) is 0 Å². The zero-order chi connectivity index (χ0) is 8.32. The third-order valence-corrected chi connectivity index (χ3v) is 2.10. The van der Waals surface area contributed by atoms with Crippen LogP contribution in [0.5, 0.6) is 0 Å². The third-order valence-electron chi connectivity index (χ3n) is 2.10. The minimum Gasteiger partial charge on any atom is -0.390 e. The number of piperidine rings is 1. The fourth-order valence-electron chi connectivity index (χ4n) is 1.34. The van der Waals surface area contributed by atoms with Crippen molar-refractivity contribution >= 4 is 0 Å². The van der Waals surface area contributed by atoms with Crippen molar-refractivity contribution in [2.45, 2.75) is 18.8 Å². The standard InChI is InChI=1S/C7H13F2NO/c8-7(9,5-11)6-2-1-3-10-4-6/h6,10-11H,1-5H2. The molecule has 0 aromatic rings. The van der Waals surface area contributed by atoms with E-state index in [0.717, 1.165) is 13.0 Å². The maximum Gasteiger partial charge on any atom is 0.274 e. The van der Waals surface area contributed by atoms with E-state index < -0.39 is 18.4 Å². The van der Waals surface area contributed by atoms with Crippen LogP contribution in [0.25, 0.3) is 0 Å². The Bertz CT molecular complexity index is 124. The summed E-state index contributed by atoms with van der Waals surface area (Å²) in [5.41, 5.74) is 0. The van der Waals surface area contributed by atoms with Gasteiger partial charge in [0, 0.05) is 12.5 Å². The van der Waals surface area contributed by atoms with Crippen molar-refractivity contribution in [3.8, 4) is 0 Å². The quantitative estimate of drug-likeness (QED) is 0.628. The van der Waals surface area contributed by atoms with Gasteiger partial charge >= 0.3 is 0 Å². The van der Waals surface area contributed by atoms with Gasteiger partial charge in [-0.25, -0.2) is 8.78 Å². The van der Waals surface area contributed by atoms with Gasteiger partial charge in [-0.05, 0) is 19.4 Å².